The lowest BCUT2D eigenvalue weighted by Crippen LogP contribution is -2.33. The van der Waals surface area contributed by atoms with Gasteiger partial charge in [-0.15, -0.1) is 6.58 Å². The average Bonchev–Trinajstić information content (AvgIpc) is 2.53. The molecule has 0 aliphatic rings. The van der Waals surface area contributed by atoms with Crippen LogP contribution in [0.5, 0.6) is 5.75 Å². The Morgan fingerprint density at radius 1 is 1.22 bits per heavy atom. The van der Waals surface area contributed by atoms with Gasteiger partial charge in [-0.2, -0.15) is 0 Å². The number of hydrogen-bond donors (Lipinski definition) is 3. The largest absolute Gasteiger partial charge is 0.507 e. The quantitative estimate of drug-likeness (QED) is 0.600. The van der Waals surface area contributed by atoms with Gasteiger partial charge in [0.15, 0.2) is 0 Å². The normalized spacial score (nSPS) is 16.2. The third kappa shape index (κ3) is 5.85. The number of phenols is 1. The maximum Gasteiger partial charge on any atom is 0.122 e. The SMILES string of the molecule is C=C[C@H]([C@H](O)CC/C(=C/c1ccccc1O)CC)[C@H](O)C(C)C. The number of aromatic hydroxyl groups is 1. The van der Waals surface area contributed by atoms with E-state index in [9.17, 15) is 15.3 Å². The molecule has 0 saturated carbocycles. The molecule has 0 bridgehead atoms. The number of allylic oxidation sites excluding steroid dienone is 1. The van der Waals surface area contributed by atoms with Crippen LogP contribution in [0.15, 0.2) is 42.5 Å². The second-order valence-corrected chi connectivity index (χ2v) is 6.37. The minimum absolute atomic E-state index is 0.0788. The summed E-state index contributed by atoms with van der Waals surface area (Å²) in [6.07, 6.45) is 4.55. The van der Waals surface area contributed by atoms with Crippen LogP contribution in [-0.2, 0) is 0 Å². The highest BCUT2D eigenvalue weighted by Gasteiger charge is 2.26. The Labute approximate surface area is 140 Å². The first kappa shape index (κ1) is 19.5. The highest BCUT2D eigenvalue weighted by molar-refractivity contribution is 5.59. The van der Waals surface area contributed by atoms with E-state index in [1.54, 1.807) is 18.2 Å². The third-order valence-electron chi connectivity index (χ3n) is 4.31. The topological polar surface area (TPSA) is 60.7 Å². The first-order chi connectivity index (χ1) is 10.9. The van der Waals surface area contributed by atoms with Gasteiger partial charge in [-0.3, -0.25) is 0 Å². The molecule has 0 heterocycles. The predicted octanol–water partition coefficient (Wildman–Crippen LogP) is 4.15. The van der Waals surface area contributed by atoms with E-state index in [4.69, 9.17) is 0 Å². The minimum atomic E-state index is -0.621. The van der Waals surface area contributed by atoms with Gasteiger partial charge in [0.1, 0.15) is 5.75 Å². The van der Waals surface area contributed by atoms with E-state index in [1.807, 2.05) is 32.1 Å². The third-order valence-corrected chi connectivity index (χ3v) is 4.31. The molecule has 1 aromatic carbocycles. The van der Waals surface area contributed by atoms with Gasteiger partial charge in [0.25, 0.3) is 0 Å². The van der Waals surface area contributed by atoms with Gasteiger partial charge in [0.2, 0.25) is 0 Å². The van der Waals surface area contributed by atoms with E-state index in [-0.39, 0.29) is 17.6 Å². The molecule has 3 N–H and O–H groups in total. The summed E-state index contributed by atoms with van der Waals surface area (Å²) in [4.78, 5) is 0. The predicted molar refractivity (Wildman–Crippen MR) is 96.1 cm³/mol. The average molecular weight is 318 g/mol. The maximum atomic E-state index is 10.4. The van der Waals surface area contributed by atoms with Crippen molar-refractivity contribution in [1.82, 2.24) is 0 Å². The van der Waals surface area contributed by atoms with Crippen LogP contribution in [0.4, 0.5) is 0 Å². The molecule has 3 nitrogen and oxygen atoms in total. The Morgan fingerprint density at radius 2 is 1.87 bits per heavy atom. The lowest BCUT2D eigenvalue weighted by molar-refractivity contribution is 0.00885. The Hall–Kier alpha value is -1.58. The Morgan fingerprint density at radius 3 is 2.39 bits per heavy atom. The lowest BCUT2D eigenvalue weighted by Gasteiger charge is -2.27. The molecule has 0 aliphatic carbocycles. The van der Waals surface area contributed by atoms with E-state index < -0.39 is 12.2 Å². The van der Waals surface area contributed by atoms with Gasteiger partial charge >= 0.3 is 0 Å². The fourth-order valence-electron chi connectivity index (χ4n) is 2.67. The van der Waals surface area contributed by atoms with Crippen molar-refractivity contribution < 1.29 is 15.3 Å². The number of aliphatic hydroxyl groups excluding tert-OH is 2. The van der Waals surface area contributed by atoms with Gasteiger partial charge in [-0.05, 0) is 31.2 Å². The van der Waals surface area contributed by atoms with Gasteiger partial charge in [0, 0.05) is 11.5 Å². The number of hydrogen-bond acceptors (Lipinski definition) is 3. The van der Waals surface area contributed by atoms with Crippen molar-refractivity contribution >= 4 is 6.08 Å². The molecule has 0 unspecified atom stereocenters. The van der Waals surface area contributed by atoms with Crippen molar-refractivity contribution in [3.05, 3.63) is 48.1 Å². The zero-order valence-electron chi connectivity index (χ0n) is 14.4. The van der Waals surface area contributed by atoms with Crippen LogP contribution in [-0.4, -0.2) is 27.5 Å². The molecule has 0 aromatic heterocycles. The summed E-state index contributed by atoms with van der Waals surface area (Å²) in [5.41, 5.74) is 1.95. The fourth-order valence-corrected chi connectivity index (χ4v) is 2.67. The smallest absolute Gasteiger partial charge is 0.122 e. The molecule has 3 heteroatoms. The molecular weight excluding hydrogens is 288 g/mol. The van der Waals surface area contributed by atoms with Crippen LogP contribution in [0.2, 0.25) is 0 Å². The van der Waals surface area contributed by atoms with Crippen LogP contribution in [0.1, 0.15) is 45.6 Å². The van der Waals surface area contributed by atoms with E-state index in [1.165, 1.54) is 0 Å². The number of rotatable bonds is 9. The Balaban J connectivity index is 2.73. The highest BCUT2D eigenvalue weighted by Crippen LogP contribution is 2.25. The van der Waals surface area contributed by atoms with Crippen LogP contribution in [0.3, 0.4) is 0 Å². The van der Waals surface area contributed by atoms with Crippen molar-refractivity contribution in [1.29, 1.82) is 0 Å². The van der Waals surface area contributed by atoms with Crippen LogP contribution in [0.25, 0.3) is 6.08 Å². The van der Waals surface area contributed by atoms with E-state index >= 15 is 0 Å². The van der Waals surface area contributed by atoms with Gasteiger partial charge in [-0.1, -0.05) is 56.7 Å². The van der Waals surface area contributed by atoms with Crippen LogP contribution >= 0.6 is 0 Å². The van der Waals surface area contributed by atoms with Crippen LogP contribution in [0, 0.1) is 11.8 Å². The first-order valence-corrected chi connectivity index (χ1v) is 8.36. The Bertz CT molecular complexity index is 519. The second-order valence-electron chi connectivity index (χ2n) is 6.37. The molecule has 3 atom stereocenters. The maximum absolute atomic E-state index is 10.4. The first-order valence-electron chi connectivity index (χ1n) is 8.36. The number of benzene rings is 1. The molecule has 0 spiro atoms. The zero-order valence-corrected chi connectivity index (χ0v) is 14.4. The molecule has 1 rings (SSSR count). The van der Waals surface area contributed by atoms with Crippen molar-refractivity contribution in [3.8, 4) is 5.75 Å². The van der Waals surface area contributed by atoms with Crippen LogP contribution < -0.4 is 0 Å². The van der Waals surface area contributed by atoms with Crippen molar-refractivity contribution in [2.75, 3.05) is 0 Å². The molecule has 0 radical (unpaired) electrons. The number of phenolic OH excluding ortho intramolecular Hbond substituents is 1. The minimum Gasteiger partial charge on any atom is -0.507 e. The molecule has 23 heavy (non-hydrogen) atoms. The zero-order chi connectivity index (χ0) is 17.4. The van der Waals surface area contributed by atoms with E-state index in [0.29, 0.717) is 6.42 Å². The summed E-state index contributed by atoms with van der Waals surface area (Å²) in [5, 5.41) is 30.4. The molecule has 1 aromatic rings. The van der Waals surface area contributed by atoms with Crippen molar-refractivity contribution in [3.63, 3.8) is 0 Å². The summed E-state index contributed by atoms with van der Waals surface area (Å²) in [6.45, 7) is 9.67. The monoisotopic (exact) mass is 318 g/mol. The standard InChI is InChI=1S/C20H30O3/c1-5-15(13-16-9-7-8-10-18(16)21)11-12-19(22)17(6-2)20(23)14(3)4/h6-10,13-14,17,19-23H,2,5,11-12H2,1,3-4H3/b15-13+/t17-,19-,20-/m1/s1. The molecular formula is C20H30O3. The summed E-state index contributed by atoms with van der Waals surface area (Å²) in [7, 11) is 0. The van der Waals surface area contributed by atoms with E-state index in [2.05, 4.69) is 13.5 Å². The Kier molecular flexibility index (Phi) is 8.07. The summed E-state index contributed by atoms with van der Waals surface area (Å²) < 4.78 is 0. The highest BCUT2D eigenvalue weighted by atomic mass is 16.3. The molecule has 0 saturated heterocycles. The molecule has 128 valence electrons. The van der Waals surface area contributed by atoms with Crippen molar-refractivity contribution in [2.24, 2.45) is 11.8 Å². The van der Waals surface area contributed by atoms with Gasteiger partial charge in [0.05, 0.1) is 12.2 Å². The summed E-state index contributed by atoms with van der Waals surface area (Å²) >= 11 is 0. The second kappa shape index (κ2) is 9.53. The molecule has 0 amide bonds. The van der Waals surface area contributed by atoms with Crippen molar-refractivity contribution in [2.45, 2.75) is 52.2 Å². The summed E-state index contributed by atoms with van der Waals surface area (Å²) in [6, 6.07) is 7.22. The van der Waals surface area contributed by atoms with E-state index in [0.717, 1.165) is 24.0 Å². The number of para-hydroxylation sites is 1. The van der Waals surface area contributed by atoms with Gasteiger partial charge in [-0.25, -0.2) is 0 Å². The fraction of sp³-hybridized carbons (Fsp3) is 0.500. The van der Waals surface area contributed by atoms with Gasteiger partial charge < -0.3 is 15.3 Å². The lowest BCUT2D eigenvalue weighted by atomic mass is 9.86. The summed E-state index contributed by atoms with van der Waals surface area (Å²) in [5.74, 6) is 0.0199. The molecule has 0 aliphatic heterocycles. The number of aliphatic hydroxyl groups is 2. The molecule has 0 fully saturated rings.